The van der Waals surface area contributed by atoms with Crippen molar-refractivity contribution in [1.82, 2.24) is 10.3 Å². The number of piperidine rings is 1. The SMILES string of the molecule is O=C([O-])ONc1nccc2cc(SC3CCCNC3)ccc12.[K+]. The first kappa shape index (κ1) is 19.0. The fraction of sp³-hybridized carbons (Fsp3) is 0.333. The van der Waals surface area contributed by atoms with Crippen molar-refractivity contribution in [2.45, 2.75) is 23.0 Å². The monoisotopic (exact) mass is 357 g/mol. The first-order chi connectivity index (χ1) is 10.7. The van der Waals surface area contributed by atoms with Gasteiger partial charge in [0.05, 0.1) is 0 Å². The molecule has 8 heteroatoms. The van der Waals surface area contributed by atoms with Gasteiger partial charge >= 0.3 is 51.4 Å². The summed E-state index contributed by atoms with van der Waals surface area (Å²) >= 11 is 1.86. The zero-order chi connectivity index (χ0) is 15.4. The summed E-state index contributed by atoms with van der Waals surface area (Å²) in [7, 11) is 0. The van der Waals surface area contributed by atoms with Crippen LogP contribution in [0.5, 0.6) is 0 Å². The number of hydrogen-bond acceptors (Lipinski definition) is 7. The van der Waals surface area contributed by atoms with Crippen LogP contribution in [0.1, 0.15) is 12.8 Å². The largest absolute Gasteiger partial charge is 1.00 e. The number of carboxylic acid groups (broad SMARTS) is 1. The van der Waals surface area contributed by atoms with Crippen molar-refractivity contribution in [3.63, 3.8) is 0 Å². The van der Waals surface area contributed by atoms with Gasteiger partial charge in [-0.1, -0.05) is 0 Å². The van der Waals surface area contributed by atoms with Crippen LogP contribution in [-0.4, -0.2) is 29.5 Å². The molecule has 116 valence electrons. The quantitative estimate of drug-likeness (QED) is 0.523. The molecule has 1 aromatic heterocycles. The number of pyridine rings is 1. The molecule has 0 radical (unpaired) electrons. The molecule has 0 spiro atoms. The number of rotatable bonds is 4. The van der Waals surface area contributed by atoms with E-state index in [4.69, 9.17) is 0 Å². The molecule has 2 heterocycles. The number of nitrogens with one attached hydrogen (secondary N) is 2. The van der Waals surface area contributed by atoms with E-state index in [1.807, 2.05) is 30.0 Å². The maximum atomic E-state index is 10.4. The number of nitrogens with zero attached hydrogens (tertiary/aromatic N) is 1. The van der Waals surface area contributed by atoms with Gasteiger partial charge in [-0.2, -0.15) is 0 Å². The van der Waals surface area contributed by atoms with Crippen LogP contribution in [0, 0.1) is 0 Å². The van der Waals surface area contributed by atoms with Crippen LogP contribution < -0.4 is 67.3 Å². The first-order valence-electron chi connectivity index (χ1n) is 7.12. The predicted molar refractivity (Wildman–Crippen MR) is 83.6 cm³/mol. The molecule has 0 aliphatic carbocycles. The van der Waals surface area contributed by atoms with Crippen LogP contribution in [-0.2, 0) is 4.84 Å². The summed E-state index contributed by atoms with van der Waals surface area (Å²) in [5.41, 5.74) is 2.30. The Kier molecular flexibility index (Phi) is 7.60. The van der Waals surface area contributed by atoms with E-state index in [0.29, 0.717) is 11.1 Å². The zero-order valence-corrected chi connectivity index (χ0v) is 16.8. The maximum Gasteiger partial charge on any atom is 1.00 e. The van der Waals surface area contributed by atoms with Gasteiger partial charge in [0.15, 0.2) is 5.82 Å². The molecule has 1 fully saturated rings. The second-order valence-electron chi connectivity index (χ2n) is 5.08. The summed E-state index contributed by atoms with van der Waals surface area (Å²) in [4.78, 5) is 19.9. The summed E-state index contributed by atoms with van der Waals surface area (Å²) in [5, 5.41) is 16.1. The van der Waals surface area contributed by atoms with Crippen molar-refractivity contribution in [2.75, 3.05) is 18.6 Å². The summed E-state index contributed by atoms with van der Waals surface area (Å²) in [6.45, 7) is 2.14. The number of thioether (sulfide) groups is 1. The van der Waals surface area contributed by atoms with E-state index >= 15 is 0 Å². The average molecular weight is 357 g/mol. The fourth-order valence-corrected chi connectivity index (χ4v) is 3.73. The van der Waals surface area contributed by atoms with Gasteiger partial charge in [0, 0.05) is 28.3 Å². The van der Waals surface area contributed by atoms with E-state index in [0.717, 1.165) is 23.9 Å². The minimum atomic E-state index is -1.64. The normalized spacial score (nSPS) is 17.3. The third-order valence-electron chi connectivity index (χ3n) is 3.52. The Bertz CT molecular complexity index is 680. The van der Waals surface area contributed by atoms with E-state index in [-0.39, 0.29) is 51.4 Å². The van der Waals surface area contributed by atoms with Crippen LogP contribution in [0.4, 0.5) is 10.6 Å². The van der Waals surface area contributed by atoms with Crippen molar-refractivity contribution in [2.24, 2.45) is 0 Å². The van der Waals surface area contributed by atoms with Gasteiger partial charge in [0.25, 0.3) is 6.16 Å². The molecule has 1 aliphatic rings. The van der Waals surface area contributed by atoms with Crippen LogP contribution >= 0.6 is 11.8 Å². The molecule has 0 amide bonds. The average Bonchev–Trinajstić information content (AvgIpc) is 2.53. The van der Waals surface area contributed by atoms with Crippen molar-refractivity contribution >= 4 is 34.5 Å². The molecular weight excluding hydrogens is 341 g/mol. The molecule has 1 aromatic carbocycles. The van der Waals surface area contributed by atoms with Gasteiger partial charge in [-0.05, 0) is 49.0 Å². The standard InChI is InChI=1S/C15H17N3O3S.K/c19-15(20)21-18-14-13-4-3-11(8-10(13)5-7-17-14)22-12-2-1-6-16-9-12;/h3-5,7-8,12,16H,1-2,6,9H2,(H,17,18)(H,19,20);/q;+1/p-1. The Morgan fingerprint density at radius 2 is 2.30 bits per heavy atom. The number of fused-ring (bicyclic) bond motifs is 1. The van der Waals surface area contributed by atoms with Gasteiger partial charge < -0.3 is 20.1 Å². The van der Waals surface area contributed by atoms with Gasteiger partial charge in [-0.15, -0.1) is 11.8 Å². The number of hydrogen-bond donors (Lipinski definition) is 2. The summed E-state index contributed by atoms with van der Waals surface area (Å²) in [5.74, 6) is 0.359. The Balaban J connectivity index is 0.00000192. The predicted octanol–water partition coefficient (Wildman–Crippen LogP) is -1.23. The zero-order valence-electron chi connectivity index (χ0n) is 12.9. The smallest absolute Gasteiger partial charge is 0.442 e. The number of benzene rings is 1. The molecule has 23 heavy (non-hydrogen) atoms. The first-order valence-corrected chi connectivity index (χ1v) is 8.00. The molecule has 1 unspecified atom stereocenters. The van der Waals surface area contributed by atoms with Gasteiger partial charge in [0.1, 0.15) is 0 Å². The number of carbonyl (C=O) groups is 1. The number of carbonyl (C=O) groups excluding carboxylic acids is 1. The fourth-order valence-electron chi connectivity index (χ4n) is 2.51. The van der Waals surface area contributed by atoms with Crippen molar-refractivity contribution < 1.29 is 66.1 Å². The molecule has 2 aromatic rings. The minimum absolute atomic E-state index is 0. The Labute approximate surface area is 181 Å². The minimum Gasteiger partial charge on any atom is -0.442 e. The maximum absolute atomic E-state index is 10.4. The number of anilines is 1. The second-order valence-corrected chi connectivity index (χ2v) is 6.46. The van der Waals surface area contributed by atoms with Crippen molar-refractivity contribution in [1.29, 1.82) is 0 Å². The van der Waals surface area contributed by atoms with Crippen LogP contribution in [0.2, 0.25) is 0 Å². The van der Waals surface area contributed by atoms with Crippen LogP contribution in [0.15, 0.2) is 35.4 Å². The van der Waals surface area contributed by atoms with E-state index in [2.05, 4.69) is 26.7 Å². The Morgan fingerprint density at radius 1 is 1.43 bits per heavy atom. The van der Waals surface area contributed by atoms with Gasteiger partial charge in [-0.3, -0.25) is 5.48 Å². The van der Waals surface area contributed by atoms with E-state index in [9.17, 15) is 9.90 Å². The van der Waals surface area contributed by atoms with Gasteiger partial charge in [-0.25, -0.2) is 4.98 Å². The molecule has 1 saturated heterocycles. The Morgan fingerprint density at radius 3 is 3.04 bits per heavy atom. The number of aromatic nitrogens is 1. The topological polar surface area (TPSA) is 86.3 Å². The van der Waals surface area contributed by atoms with E-state index in [1.165, 1.54) is 17.7 Å². The molecule has 0 bridgehead atoms. The molecular formula is C15H16KN3O3S. The second kappa shape index (κ2) is 9.21. The van der Waals surface area contributed by atoms with E-state index in [1.54, 1.807) is 6.20 Å². The van der Waals surface area contributed by atoms with Crippen molar-refractivity contribution in [3.8, 4) is 0 Å². The Hall–Kier alpha value is -0.354. The molecule has 3 rings (SSSR count). The van der Waals surface area contributed by atoms with Crippen LogP contribution in [0.25, 0.3) is 10.8 Å². The third-order valence-corrected chi connectivity index (χ3v) is 4.78. The summed E-state index contributed by atoms with van der Waals surface area (Å²) in [6.07, 6.45) is 2.40. The van der Waals surface area contributed by atoms with Crippen LogP contribution in [0.3, 0.4) is 0 Å². The van der Waals surface area contributed by atoms with E-state index < -0.39 is 6.16 Å². The summed E-state index contributed by atoms with van der Waals surface area (Å²) in [6, 6.07) is 7.92. The molecule has 1 aliphatic heterocycles. The molecule has 0 saturated carbocycles. The molecule has 6 nitrogen and oxygen atoms in total. The summed E-state index contributed by atoms with van der Waals surface area (Å²) < 4.78 is 0. The molecule has 2 N–H and O–H groups in total. The third kappa shape index (κ3) is 5.32. The molecule has 1 atom stereocenters. The van der Waals surface area contributed by atoms with Gasteiger partial charge in [0.2, 0.25) is 0 Å². The van der Waals surface area contributed by atoms with Crippen molar-refractivity contribution in [3.05, 3.63) is 30.5 Å².